The van der Waals surface area contributed by atoms with Gasteiger partial charge in [-0.05, 0) is 32.9 Å². The maximum absolute atomic E-state index is 5.67. The summed E-state index contributed by atoms with van der Waals surface area (Å²) < 4.78 is 16.2. The van der Waals surface area contributed by atoms with E-state index in [1.54, 1.807) is 13.2 Å². The molecular formula is C14H15N3O3. The summed E-state index contributed by atoms with van der Waals surface area (Å²) >= 11 is 0. The Labute approximate surface area is 115 Å². The van der Waals surface area contributed by atoms with Crippen LogP contribution in [-0.2, 0) is 10.3 Å². The molecule has 3 aromatic heterocycles. The number of furan rings is 1. The fourth-order valence-electron chi connectivity index (χ4n) is 1.79. The lowest BCUT2D eigenvalue weighted by Crippen LogP contribution is -2.21. The highest BCUT2D eigenvalue weighted by atomic mass is 16.5. The summed E-state index contributed by atoms with van der Waals surface area (Å²) in [6, 6.07) is 5.56. The van der Waals surface area contributed by atoms with Gasteiger partial charge < -0.3 is 13.7 Å². The van der Waals surface area contributed by atoms with E-state index in [1.165, 1.54) is 0 Å². The fraction of sp³-hybridized carbons (Fsp3) is 0.357. The van der Waals surface area contributed by atoms with Gasteiger partial charge in [0.05, 0.1) is 0 Å². The van der Waals surface area contributed by atoms with Gasteiger partial charge in [-0.15, -0.1) is 0 Å². The molecule has 3 heterocycles. The number of pyridine rings is 1. The first-order chi connectivity index (χ1) is 9.49. The van der Waals surface area contributed by atoms with E-state index in [1.807, 2.05) is 32.9 Å². The quantitative estimate of drug-likeness (QED) is 0.730. The van der Waals surface area contributed by atoms with Crippen molar-refractivity contribution in [1.82, 2.24) is 15.1 Å². The third-order valence-corrected chi connectivity index (χ3v) is 3.20. The number of ether oxygens (including phenoxy) is 1. The van der Waals surface area contributed by atoms with Crippen LogP contribution in [0.5, 0.6) is 0 Å². The van der Waals surface area contributed by atoms with Gasteiger partial charge >= 0.3 is 0 Å². The molecule has 0 saturated heterocycles. The van der Waals surface area contributed by atoms with Gasteiger partial charge in [0.15, 0.2) is 11.3 Å². The van der Waals surface area contributed by atoms with Crippen molar-refractivity contribution in [2.24, 2.45) is 0 Å². The number of fused-ring (bicyclic) bond motifs is 1. The van der Waals surface area contributed by atoms with E-state index in [2.05, 4.69) is 15.1 Å². The van der Waals surface area contributed by atoms with Crippen molar-refractivity contribution in [2.75, 3.05) is 7.11 Å². The molecule has 0 fully saturated rings. The number of hydrogen-bond donors (Lipinski definition) is 0. The number of rotatable bonds is 3. The van der Waals surface area contributed by atoms with Crippen molar-refractivity contribution in [1.29, 1.82) is 0 Å². The third-order valence-electron chi connectivity index (χ3n) is 3.20. The molecule has 104 valence electrons. The molecule has 3 rings (SSSR count). The molecule has 0 aliphatic heterocycles. The number of aryl methyl sites for hydroxylation is 1. The Bertz CT molecular complexity index is 758. The summed E-state index contributed by atoms with van der Waals surface area (Å²) in [4.78, 5) is 8.70. The maximum atomic E-state index is 5.67. The standard InChI is InChI=1S/C14H15N3O3/c1-8-5-6-10-9(15-8)7-11(19-10)12-16-13(17-20-12)14(2,3)18-4/h5-7H,1-4H3. The highest BCUT2D eigenvalue weighted by molar-refractivity contribution is 5.77. The lowest BCUT2D eigenvalue weighted by atomic mass is 10.1. The summed E-state index contributed by atoms with van der Waals surface area (Å²) in [7, 11) is 1.60. The topological polar surface area (TPSA) is 74.2 Å². The molecule has 0 bridgehead atoms. The van der Waals surface area contributed by atoms with Crippen molar-refractivity contribution in [3.63, 3.8) is 0 Å². The molecule has 0 aliphatic carbocycles. The Kier molecular flexibility index (Phi) is 2.83. The first kappa shape index (κ1) is 12.8. The number of aromatic nitrogens is 3. The summed E-state index contributed by atoms with van der Waals surface area (Å²) in [5.74, 6) is 1.30. The zero-order chi connectivity index (χ0) is 14.3. The van der Waals surface area contributed by atoms with Crippen molar-refractivity contribution >= 4 is 11.1 Å². The zero-order valence-electron chi connectivity index (χ0n) is 11.8. The van der Waals surface area contributed by atoms with Crippen LogP contribution in [0, 0.1) is 6.92 Å². The molecule has 0 N–H and O–H groups in total. The second-order valence-electron chi connectivity index (χ2n) is 5.08. The van der Waals surface area contributed by atoms with Gasteiger partial charge in [-0.25, -0.2) is 4.98 Å². The van der Waals surface area contributed by atoms with Crippen LogP contribution in [0.15, 0.2) is 27.1 Å². The van der Waals surface area contributed by atoms with Crippen LogP contribution >= 0.6 is 0 Å². The summed E-state index contributed by atoms with van der Waals surface area (Å²) in [5, 5.41) is 3.93. The molecule has 3 aromatic rings. The van der Waals surface area contributed by atoms with E-state index in [-0.39, 0.29) is 0 Å². The lowest BCUT2D eigenvalue weighted by molar-refractivity contribution is 0.00973. The van der Waals surface area contributed by atoms with Crippen LogP contribution in [-0.4, -0.2) is 22.2 Å². The largest absolute Gasteiger partial charge is 0.449 e. The first-order valence-electron chi connectivity index (χ1n) is 6.26. The Morgan fingerprint density at radius 2 is 2.00 bits per heavy atom. The maximum Gasteiger partial charge on any atom is 0.293 e. The minimum atomic E-state index is -0.609. The predicted molar refractivity (Wildman–Crippen MR) is 72.1 cm³/mol. The average Bonchev–Trinajstić information content (AvgIpc) is 3.04. The summed E-state index contributed by atoms with van der Waals surface area (Å²) in [6.07, 6.45) is 0. The molecule has 20 heavy (non-hydrogen) atoms. The molecule has 6 nitrogen and oxygen atoms in total. The Morgan fingerprint density at radius 1 is 1.20 bits per heavy atom. The average molecular weight is 273 g/mol. The van der Waals surface area contributed by atoms with Crippen LogP contribution in [0.2, 0.25) is 0 Å². The van der Waals surface area contributed by atoms with Gasteiger partial charge in [-0.2, -0.15) is 4.98 Å². The predicted octanol–water partition coefficient (Wildman–Crippen LogP) is 3.07. The van der Waals surface area contributed by atoms with E-state index >= 15 is 0 Å². The van der Waals surface area contributed by atoms with Crippen LogP contribution in [0.1, 0.15) is 25.4 Å². The van der Waals surface area contributed by atoms with E-state index in [0.717, 1.165) is 11.2 Å². The molecule has 6 heteroatoms. The van der Waals surface area contributed by atoms with Gasteiger partial charge in [0.25, 0.3) is 5.89 Å². The normalized spacial score (nSPS) is 12.2. The lowest BCUT2D eigenvalue weighted by Gasteiger charge is -2.17. The highest BCUT2D eigenvalue weighted by Gasteiger charge is 2.27. The molecule has 0 radical (unpaired) electrons. The van der Waals surface area contributed by atoms with E-state index in [9.17, 15) is 0 Å². The minimum Gasteiger partial charge on any atom is -0.449 e. The molecule has 0 aliphatic rings. The monoisotopic (exact) mass is 273 g/mol. The summed E-state index contributed by atoms with van der Waals surface area (Å²) in [5.41, 5.74) is 1.78. The second-order valence-corrected chi connectivity index (χ2v) is 5.08. The number of hydrogen-bond acceptors (Lipinski definition) is 6. The zero-order valence-corrected chi connectivity index (χ0v) is 11.8. The van der Waals surface area contributed by atoms with E-state index in [0.29, 0.717) is 23.1 Å². The van der Waals surface area contributed by atoms with Gasteiger partial charge in [0.1, 0.15) is 11.1 Å². The first-order valence-corrected chi connectivity index (χ1v) is 6.26. The van der Waals surface area contributed by atoms with E-state index in [4.69, 9.17) is 13.7 Å². The van der Waals surface area contributed by atoms with Crippen molar-refractivity contribution < 1.29 is 13.7 Å². The van der Waals surface area contributed by atoms with Crippen LogP contribution < -0.4 is 0 Å². The molecule has 0 amide bonds. The molecule has 0 spiro atoms. The molecule has 0 atom stereocenters. The van der Waals surface area contributed by atoms with Crippen molar-refractivity contribution in [2.45, 2.75) is 26.4 Å². The Morgan fingerprint density at radius 3 is 2.75 bits per heavy atom. The SMILES string of the molecule is COC(C)(C)c1noc(-c2cc3nc(C)ccc3o2)n1. The third kappa shape index (κ3) is 2.08. The number of methoxy groups -OCH3 is 1. The molecule has 0 saturated carbocycles. The van der Waals surface area contributed by atoms with Gasteiger partial charge in [0.2, 0.25) is 5.82 Å². The van der Waals surface area contributed by atoms with Crippen molar-refractivity contribution in [3.8, 4) is 11.7 Å². The van der Waals surface area contributed by atoms with Gasteiger partial charge in [0, 0.05) is 18.9 Å². The highest BCUT2D eigenvalue weighted by Crippen LogP contribution is 2.28. The molecule has 0 aromatic carbocycles. The summed E-state index contributed by atoms with van der Waals surface area (Å²) in [6.45, 7) is 5.66. The minimum absolute atomic E-state index is 0.320. The van der Waals surface area contributed by atoms with Gasteiger partial charge in [-0.3, -0.25) is 0 Å². The van der Waals surface area contributed by atoms with Gasteiger partial charge in [-0.1, -0.05) is 5.16 Å². The molecular weight excluding hydrogens is 258 g/mol. The van der Waals surface area contributed by atoms with Crippen molar-refractivity contribution in [3.05, 3.63) is 29.7 Å². The number of nitrogens with zero attached hydrogens (tertiary/aromatic N) is 3. The van der Waals surface area contributed by atoms with E-state index < -0.39 is 5.60 Å². The van der Waals surface area contributed by atoms with Crippen LogP contribution in [0.25, 0.3) is 22.8 Å². The smallest absolute Gasteiger partial charge is 0.293 e. The Hall–Kier alpha value is -2.21. The Balaban J connectivity index is 2.03. The van der Waals surface area contributed by atoms with Crippen LogP contribution in [0.3, 0.4) is 0 Å². The second kappa shape index (κ2) is 4.42. The molecule has 0 unspecified atom stereocenters. The fourth-order valence-corrected chi connectivity index (χ4v) is 1.79. The van der Waals surface area contributed by atoms with Crippen LogP contribution in [0.4, 0.5) is 0 Å².